The fourth-order valence-corrected chi connectivity index (χ4v) is 2.23. The standard InChI is InChI=1S/C15H22N4/c1-11(2)19-8-6-13(18-19)9-15(16-4)14-5-7-17-10-12(14)3/h5-8,10-11,15-16H,9H2,1-4H3. The molecule has 0 spiro atoms. The Morgan fingerprint density at radius 1 is 1.32 bits per heavy atom. The summed E-state index contributed by atoms with van der Waals surface area (Å²) in [5.41, 5.74) is 3.62. The van der Waals surface area contributed by atoms with Crippen molar-refractivity contribution >= 4 is 0 Å². The number of nitrogens with zero attached hydrogens (tertiary/aromatic N) is 3. The van der Waals surface area contributed by atoms with Gasteiger partial charge in [-0.2, -0.15) is 5.10 Å². The summed E-state index contributed by atoms with van der Waals surface area (Å²) in [4.78, 5) is 4.15. The monoisotopic (exact) mass is 258 g/mol. The van der Waals surface area contributed by atoms with Crippen LogP contribution >= 0.6 is 0 Å². The van der Waals surface area contributed by atoms with E-state index < -0.39 is 0 Å². The van der Waals surface area contributed by atoms with Gasteiger partial charge in [-0.3, -0.25) is 9.67 Å². The van der Waals surface area contributed by atoms with Crippen molar-refractivity contribution in [3.8, 4) is 0 Å². The minimum atomic E-state index is 0.276. The van der Waals surface area contributed by atoms with E-state index >= 15 is 0 Å². The van der Waals surface area contributed by atoms with Gasteiger partial charge in [0.1, 0.15) is 0 Å². The van der Waals surface area contributed by atoms with E-state index in [-0.39, 0.29) is 6.04 Å². The summed E-state index contributed by atoms with van der Waals surface area (Å²) in [5.74, 6) is 0. The molecule has 0 bridgehead atoms. The molecule has 4 nitrogen and oxygen atoms in total. The number of aryl methyl sites for hydroxylation is 1. The normalized spacial score (nSPS) is 12.9. The van der Waals surface area contributed by atoms with E-state index in [1.807, 2.05) is 30.3 Å². The lowest BCUT2D eigenvalue weighted by molar-refractivity contribution is 0.514. The molecule has 2 heterocycles. The predicted molar refractivity (Wildman–Crippen MR) is 77.1 cm³/mol. The third-order valence-corrected chi connectivity index (χ3v) is 3.39. The highest BCUT2D eigenvalue weighted by Gasteiger charge is 2.14. The largest absolute Gasteiger partial charge is 0.313 e. The SMILES string of the molecule is CNC(Cc1ccn(C(C)C)n1)c1ccncc1C. The lowest BCUT2D eigenvalue weighted by Crippen LogP contribution is -2.20. The van der Waals surface area contributed by atoms with Crippen molar-refractivity contribution in [2.45, 2.75) is 39.3 Å². The average molecular weight is 258 g/mol. The van der Waals surface area contributed by atoms with Crippen molar-refractivity contribution in [3.05, 3.63) is 47.5 Å². The highest BCUT2D eigenvalue weighted by molar-refractivity contribution is 5.26. The lowest BCUT2D eigenvalue weighted by Gasteiger charge is -2.17. The van der Waals surface area contributed by atoms with Crippen molar-refractivity contribution in [2.24, 2.45) is 0 Å². The zero-order chi connectivity index (χ0) is 13.8. The van der Waals surface area contributed by atoms with Crippen LogP contribution in [0.25, 0.3) is 0 Å². The van der Waals surface area contributed by atoms with Crippen molar-refractivity contribution in [1.29, 1.82) is 0 Å². The highest BCUT2D eigenvalue weighted by Crippen LogP contribution is 2.20. The zero-order valence-electron chi connectivity index (χ0n) is 12.1. The maximum absolute atomic E-state index is 4.61. The third kappa shape index (κ3) is 3.20. The first-order valence-corrected chi connectivity index (χ1v) is 6.73. The fourth-order valence-electron chi connectivity index (χ4n) is 2.23. The molecular formula is C15H22N4. The molecule has 0 aliphatic heterocycles. The molecule has 2 rings (SSSR count). The van der Waals surface area contributed by atoms with Crippen LogP contribution < -0.4 is 5.32 Å². The summed E-state index contributed by atoms with van der Waals surface area (Å²) in [6, 6.07) is 4.86. The van der Waals surface area contributed by atoms with Crippen molar-refractivity contribution in [2.75, 3.05) is 7.05 Å². The molecule has 1 atom stereocenters. The summed E-state index contributed by atoms with van der Waals surface area (Å²) >= 11 is 0. The van der Waals surface area contributed by atoms with Crippen LogP contribution in [0.3, 0.4) is 0 Å². The van der Waals surface area contributed by atoms with E-state index in [2.05, 4.69) is 48.3 Å². The minimum absolute atomic E-state index is 0.276. The van der Waals surface area contributed by atoms with Gasteiger partial charge < -0.3 is 5.32 Å². The van der Waals surface area contributed by atoms with Crippen LogP contribution in [0.15, 0.2) is 30.7 Å². The number of hydrogen-bond acceptors (Lipinski definition) is 3. The number of hydrogen-bond donors (Lipinski definition) is 1. The van der Waals surface area contributed by atoms with Crippen LogP contribution in [0.5, 0.6) is 0 Å². The van der Waals surface area contributed by atoms with E-state index in [1.165, 1.54) is 11.1 Å². The summed E-state index contributed by atoms with van der Waals surface area (Å²) < 4.78 is 2.00. The molecule has 0 aliphatic rings. The van der Waals surface area contributed by atoms with Crippen molar-refractivity contribution in [1.82, 2.24) is 20.1 Å². The minimum Gasteiger partial charge on any atom is -0.313 e. The second kappa shape index (κ2) is 5.97. The van der Waals surface area contributed by atoms with Gasteiger partial charge in [-0.1, -0.05) is 0 Å². The van der Waals surface area contributed by atoms with Gasteiger partial charge in [0, 0.05) is 37.1 Å². The summed E-state index contributed by atoms with van der Waals surface area (Å²) in [6.07, 6.45) is 6.69. The molecule has 4 heteroatoms. The number of pyridine rings is 1. The zero-order valence-corrected chi connectivity index (χ0v) is 12.1. The predicted octanol–water partition coefficient (Wildman–Crippen LogP) is 2.67. The molecule has 0 amide bonds. The molecule has 0 saturated heterocycles. The highest BCUT2D eigenvalue weighted by atomic mass is 15.3. The quantitative estimate of drug-likeness (QED) is 0.896. The molecule has 1 unspecified atom stereocenters. The van der Waals surface area contributed by atoms with E-state index in [1.54, 1.807) is 0 Å². The summed E-state index contributed by atoms with van der Waals surface area (Å²) in [6.45, 7) is 6.37. The Balaban J connectivity index is 2.17. The van der Waals surface area contributed by atoms with Gasteiger partial charge >= 0.3 is 0 Å². The van der Waals surface area contributed by atoms with E-state index in [0.29, 0.717) is 6.04 Å². The van der Waals surface area contributed by atoms with Crippen molar-refractivity contribution < 1.29 is 0 Å². The average Bonchev–Trinajstić information content (AvgIpc) is 2.86. The van der Waals surface area contributed by atoms with Crippen LogP contribution in [-0.4, -0.2) is 21.8 Å². The molecule has 0 saturated carbocycles. The van der Waals surface area contributed by atoms with E-state index in [4.69, 9.17) is 0 Å². The Labute approximate surface area is 114 Å². The molecule has 102 valence electrons. The fraction of sp³-hybridized carbons (Fsp3) is 0.467. The molecule has 2 aromatic heterocycles. The smallest absolute Gasteiger partial charge is 0.0643 e. The van der Waals surface area contributed by atoms with Crippen LogP contribution in [0.2, 0.25) is 0 Å². The Hall–Kier alpha value is -1.68. The first-order valence-electron chi connectivity index (χ1n) is 6.73. The Morgan fingerprint density at radius 3 is 2.68 bits per heavy atom. The van der Waals surface area contributed by atoms with Gasteiger partial charge in [-0.05, 0) is 51.1 Å². The second-order valence-electron chi connectivity index (χ2n) is 5.16. The Bertz CT molecular complexity index is 530. The van der Waals surface area contributed by atoms with Gasteiger partial charge in [0.05, 0.1) is 5.69 Å². The van der Waals surface area contributed by atoms with Gasteiger partial charge in [0.15, 0.2) is 0 Å². The molecule has 1 N–H and O–H groups in total. The number of aromatic nitrogens is 3. The molecular weight excluding hydrogens is 236 g/mol. The molecule has 0 fully saturated rings. The first kappa shape index (κ1) is 13.7. The molecule has 0 aromatic carbocycles. The topological polar surface area (TPSA) is 42.7 Å². The Morgan fingerprint density at radius 2 is 2.11 bits per heavy atom. The van der Waals surface area contributed by atoms with E-state index in [9.17, 15) is 0 Å². The van der Waals surface area contributed by atoms with Crippen LogP contribution in [0.1, 0.15) is 42.8 Å². The number of nitrogens with one attached hydrogen (secondary N) is 1. The van der Waals surface area contributed by atoms with Gasteiger partial charge in [-0.25, -0.2) is 0 Å². The van der Waals surface area contributed by atoms with Crippen molar-refractivity contribution in [3.63, 3.8) is 0 Å². The second-order valence-corrected chi connectivity index (χ2v) is 5.16. The summed E-state index contributed by atoms with van der Waals surface area (Å²) in [5, 5.41) is 7.98. The van der Waals surface area contributed by atoms with Crippen LogP contribution in [0, 0.1) is 6.92 Å². The van der Waals surface area contributed by atoms with Gasteiger partial charge in [-0.15, -0.1) is 0 Å². The number of rotatable bonds is 5. The summed E-state index contributed by atoms with van der Waals surface area (Å²) in [7, 11) is 1.99. The number of likely N-dealkylation sites (N-methyl/N-ethyl adjacent to an activating group) is 1. The maximum atomic E-state index is 4.61. The van der Waals surface area contributed by atoms with Gasteiger partial charge in [0.2, 0.25) is 0 Å². The van der Waals surface area contributed by atoms with E-state index in [0.717, 1.165) is 12.1 Å². The lowest BCUT2D eigenvalue weighted by atomic mass is 9.99. The third-order valence-electron chi connectivity index (χ3n) is 3.39. The van der Waals surface area contributed by atoms with Crippen LogP contribution in [0.4, 0.5) is 0 Å². The van der Waals surface area contributed by atoms with Crippen LogP contribution in [-0.2, 0) is 6.42 Å². The first-order chi connectivity index (χ1) is 9.11. The molecule has 2 aromatic rings. The molecule has 0 radical (unpaired) electrons. The Kier molecular flexibility index (Phi) is 4.32. The molecule has 19 heavy (non-hydrogen) atoms. The molecule has 0 aliphatic carbocycles. The maximum Gasteiger partial charge on any atom is 0.0643 e. The van der Waals surface area contributed by atoms with Gasteiger partial charge in [0.25, 0.3) is 0 Å².